The number of esters is 1. The van der Waals surface area contributed by atoms with Crippen molar-refractivity contribution in [2.75, 3.05) is 27.9 Å². The van der Waals surface area contributed by atoms with E-state index in [4.69, 9.17) is 28.4 Å². The lowest BCUT2D eigenvalue weighted by atomic mass is 9.98. The van der Waals surface area contributed by atoms with Crippen molar-refractivity contribution < 1.29 is 33.2 Å². The van der Waals surface area contributed by atoms with E-state index in [9.17, 15) is 4.79 Å². The van der Waals surface area contributed by atoms with Crippen LogP contribution in [-0.4, -0.2) is 64.6 Å². The Morgan fingerprint density at radius 2 is 1.76 bits per heavy atom. The van der Waals surface area contributed by atoms with Crippen LogP contribution in [-0.2, 0) is 39.8 Å². The monoisotopic (exact) mass is 354 g/mol. The first-order valence-electron chi connectivity index (χ1n) is 8.13. The number of hydrogen-bond donors (Lipinski definition) is 0. The zero-order valence-electron chi connectivity index (χ0n) is 15.0. The van der Waals surface area contributed by atoms with E-state index in [1.54, 1.807) is 14.2 Å². The first-order valence-corrected chi connectivity index (χ1v) is 8.13. The molecule has 0 amide bonds. The number of rotatable bonds is 8. The van der Waals surface area contributed by atoms with Crippen molar-refractivity contribution in [3.63, 3.8) is 0 Å². The largest absolute Gasteiger partial charge is 0.457 e. The minimum atomic E-state index is -0.669. The summed E-state index contributed by atoms with van der Waals surface area (Å²) in [6, 6.07) is 9.73. The van der Waals surface area contributed by atoms with E-state index >= 15 is 0 Å². The maximum absolute atomic E-state index is 11.6. The van der Waals surface area contributed by atoms with Gasteiger partial charge in [-0.3, -0.25) is 4.79 Å². The number of carbonyl (C=O) groups excluding carboxylic acids is 1. The summed E-state index contributed by atoms with van der Waals surface area (Å²) in [4.78, 5) is 11.6. The van der Waals surface area contributed by atoms with Crippen LogP contribution in [0.3, 0.4) is 0 Å². The Kier molecular flexibility index (Phi) is 7.80. The van der Waals surface area contributed by atoms with Crippen LogP contribution in [0.4, 0.5) is 0 Å². The highest BCUT2D eigenvalue weighted by Crippen LogP contribution is 2.29. The van der Waals surface area contributed by atoms with E-state index in [1.807, 2.05) is 30.3 Å². The molecule has 1 aliphatic rings. The van der Waals surface area contributed by atoms with Gasteiger partial charge in [-0.2, -0.15) is 0 Å². The predicted molar refractivity (Wildman–Crippen MR) is 88.9 cm³/mol. The van der Waals surface area contributed by atoms with Gasteiger partial charge in [0.25, 0.3) is 0 Å². The number of methoxy groups -OCH3 is 3. The first kappa shape index (κ1) is 19.8. The Bertz CT molecular complexity index is 521. The van der Waals surface area contributed by atoms with Crippen LogP contribution in [0.25, 0.3) is 0 Å². The minimum absolute atomic E-state index is 0.236. The van der Waals surface area contributed by atoms with Crippen LogP contribution < -0.4 is 0 Å². The molecular weight excluding hydrogens is 328 g/mol. The van der Waals surface area contributed by atoms with Crippen molar-refractivity contribution in [3.8, 4) is 0 Å². The number of hydrogen-bond acceptors (Lipinski definition) is 7. The standard InChI is InChI=1S/C18H26O7/c1-12(19)24-15-14(11-20-2)25-18(22-4)17(21-3)16(15)23-10-13-8-6-5-7-9-13/h5-9,14-18H,10-11H2,1-4H3. The smallest absolute Gasteiger partial charge is 0.303 e. The fraction of sp³-hybridized carbons (Fsp3) is 0.611. The number of benzene rings is 1. The Morgan fingerprint density at radius 3 is 2.32 bits per heavy atom. The molecule has 0 bridgehead atoms. The highest BCUT2D eigenvalue weighted by Gasteiger charge is 2.49. The molecule has 0 N–H and O–H groups in total. The van der Waals surface area contributed by atoms with Crippen molar-refractivity contribution in [1.82, 2.24) is 0 Å². The summed E-state index contributed by atoms with van der Waals surface area (Å²) >= 11 is 0. The predicted octanol–water partition coefficient (Wildman–Crippen LogP) is 1.54. The van der Waals surface area contributed by atoms with Crippen LogP contribution in [0.5, 0.6) is 0 Å². The van der Waals surface area contributed by atoms with Gasteiger partial charge in [0.15, 0.2) is 12.4 Å². The van der Waals surface area contributed by atoms with Gasteiger partial charge in [0.1, 0.15) is 18.3 Å². The molecule has 1 aliphatic heterocycles. The fourth-order valence-corrected chi connectivity index (χ4v) is 2.90. The van der Waals surface area contributed by atoms with Crippen molar-refractivity contribution >= 4 is 5.97 Å². The summed E-state index contributed by atoms with van der Waals surface area (Å²) in [6.45, 7) is 1.93. The molecule has 1 heterocycles. The summed E-state index contributed by atoms with van der Waals surface area (Å²) in [7, 11) is 4.62. The van der Waals surface area contributed by atoms with Crippen LogP contribution in [0.2, 0.25) is 0 Å². The van der Waals surface area contributed by atoms with E-state index in [1.165, 1.54) is 14.0 Å². The van der Waals surface area contributed by atoms with Crippen LogP contribution >= 0.6 is 0 Å². The molecule has 0 spiro atoms. The van der Waals surface area contributed by atoms with Crippen LogP contribution in [0.15, 0.2) is 30.3 Å². The third kappa shape index (κ3) is 5.23. The second kappa shape index (κ2) is 9.84. The van der Waals surface area contributed by atoms with Crippen LogP contribution in [0, 0.1) is 0 Å². The van der Waals surface area contributed by atoms with Gasteiger partial charge >= 0.3 is 5.97 Å². The zero-order chi connectivity index (χ0) is 18.2. The molecule has 140 valence electrons. The lowest BCUT2D eigenvalue weighted by Gasteiger charge is -2.44. The molecule has 0 aliphatic carbocycles. The van der Waals surface area contributed by atoms with Crippen LogP contribution in [0.1, 0.15) is 12.5 Å². The maximum Gasteiger partial charge on any atom is 0.303 e. The third-order valence-electron chi connectivity index (χ3n) is 4.01. The molecule has 0 aromatic heterocycles. The van der Waals surface area contributed by atoms with Gasteiger partial charge < -0.3 is 28.4 Å². The molecule has 0 saturated carbocycles. The molecule has 7 heteroatoms. The molecule has 1 aromatic rings. The molecule has 7 nitrogen and oxygen atoms in total. The number of ether oxygens (including phenoxy) is 6. The van der Waals surface area contributed by atoms with Crippen molar-refractivity contribution in [1.29, 1.82) is 0 Å². The molecule has 1 fully saturated rings. The third-order valence-corrected chi connectivity index (χ3v) is 4.01. The van der Waals surface area contributed by atoms with E-state index in [-0.39, 0.29) is 6.61 Å². The van der Waals surface area contributed by atoms with E-state index in [0.717, 1.165) is 5.56 Å². The summed E-state index contributed by atoms with van der Waals surface area (Å²) < 4.78 is 33.5. The minimum Gasteiger partial charge on any atom is -0.457 e. The SMILES string of the molecule is COCC1OC(OC)C(OC)C(OCc2ccccc2)C1OC(C)=O. The van der Waals surface area contributed by atoms with Gasteiger partial charge in [-0.25, -0.2) is 0 Å². The Hall–Kier alpha value is -1.51. The van der Waals surface area contributed by atoms with Crippen molar-refractivity contribution in [2.24, 2.45) is 0 Å². The summed E-state index contributed by atoms with van der Waals surface area (Å²) in [5.41, 5.74) is 1.00. The number of carbonyl (C=O) groups is 1. The van der Waals surface area contributed by atoms with Gasteiger partial charge in [-0.1, -0.05) is 30.3 Å². The second-order valence-corrected chi connectivity index (χ2v) is 5.77. The average molecular weight is 354 g/mol. The average Bonchev–Trinajstić information content (AvgIpc) is 2.62. The second-order valence-electron chi connectivity index (χ2n) is 5.77. The quantitative estimate of drug-likeness (QED) is 0.656. The lowest BCUT2D eigenvalue weighted by molar-refractivity contribution is -0.310. The van der Waals surface area contributed by atoms with E-state index in [2.05, 4.69) is 0 Å². The molecule has 2 rings (SSSR count). The molecule has 1 aromatic carbocycles. The Morgan fingerprint density at radius 1 is 1.04 bits per heavy atom. The zero-order valence-corrected chi connectivity index (χ0v) is 15.0. The summed E-state index contributed by atoms with van der Waals surface area (Å²) in [5, 5.41) is 0. The van der Waals surface area contributed by atoms with Crippen molar-refractivity contribution in [3.05, 3.63) is 35.9 Å². The van der Waals surface area contributed by atoms with Gasteiger partial charge in [0.2, 0.25) is 0 Å². The first-order chi connectivity index (χ1) is 12.1. The normalized spacial score (nSPS) is 29.4. The summed E-state index contributed by atoms with van der Waals surface area (Å²) in [6.07, 6.45) is -2.96. The molecule has 5 atom stereocenters. The van der Waals surface area contributed by atoms with E-state index < -0.39 is 36.7 Å². The highest BCUT2D eigenvalue weighted by atomic mass is 16.7. The molecule has 5 unspecified atom stereocenters. The van der Waals surface area contributed by atoms with E-state index in [0.29, 0.717) is 6.61 Å². The molecule has 1 saturated heterocycles. The van der Waals surface area contributed by atoms with Crippen molar-refractivity contribution in [2.45, 2.75) is 44.2 Å². The van der Waals surface area contributed by atoms with Gasteiger partial charge in [-0.15, -0.1) is 0 Å². The molecule has 25 heavy (non-hydrogen) atoms. The summed E-state index contributed by atoms with van der Waals surface area (Å²) in [5.74, 6) is -0.422. The van der Waals surface area contributed by atoms with Gasteiger partial charge in [0, 0.05) is 28.3 Å². The Labute approximate surface area is 148 Å². The molecule has 0 radical (unpaired) electrons. The van der Waals surface area contributed by atoms with Gasteiger partial charge in [-0.05, 0) is 5.56 Å². The molecular formula is C18H26O7. The Balaban J connectivity index is 2.22. The highest BCUT2D eigenvalue weighted by molar-refractivity contribution is 5.66. The maximum atomic E-state index is 11.6. The fourth-order valence-electron chi connectivity index (χ4n) is 2.90. The lowest BCUT2D eigenvalue weighted by Crippen LogP contribution is -2.61. The topological polar surface area (TPSA) is 72.5 Å². The van der Waals surface area contributed by atoms with Gasteiger partial charge in [0.05, 0.1) is 13.2 Å².